The van der Waals surface area contributed by atoms with E-state index in [1.54, 1.807) is 0 Å². The molecule has 1 aliphatic heterocycles. The molecule has 3 aromatic carbocycles. The zero-order valence-electron chi connectivity index (χ0n) is 17.3. The lowest BCUT2D eigenvalue weighted by Crippen LogP contribution is -2.42. The Labute approximate surface area is 179 Å². The molecule has 4 rings (SSSR count). The molecular formula is C27H29NO2. The van der Waals surface area contributed by atoms with Crippen LogP contribution in [-0.4, -0.2) is 30.2 Å². The number of ether oxygens (including phenoxy) is 2. The maximum absolute atomic E-state index is 6.40. The fourth-order valence-corrected chi connectivity index (χ4v) is 3.82. The lowest BCUT2D eigenvalue weighted by atomic mass is 10.1. The molecule has 0 unspecified atom stereocenters. The summed E-state index contributed by atoms with van der Waals surface area (Å²) in [5.41, 5.74) is 3.68. The Balaban J connectivity index is 1.41. The Bertz CT molecular complexity index is 896. The molecule has 0 amide bonds. The molecule has 0 saturated heterocycles. The molecule has 2 atom stereocenters. The highest BCUT2D eigenvalue weighted by Gasteiger charge is 2.29. The average molecular weight is 400 g/mol. The molecule has 1 heterocycles. The quantitative estimate of drug-likeness (QED) is 0.436. The minimum absolute atomic E-state index is 0.0311. The van der Waals surface area contributed by atoms with Crippen LogP contribution in [0.25, 0.3) is 0 Å². The fourth-order valence-electron chi connectivity index (χ4n) is 3.82. The third kappa shape index (κ3) is 5.90. The van der Waals surface area contributed by atoms with Crippen LogP contribution >= 0.6 is 0 Å². The number of rotatable bonds is 10. The highest BCUT2D eigenvalue weighted by Crippen LogP contribution is 2.21. The van der Waals surface area contributed by atoms with Crippen molar-refractivity contribution < 1.29 is 9.47 Å². The van der Waals surface area contributed by atoms with Crippen LogP contribution in [-0.2, 0) is 29.2 Å². The van der Waals surface area contributed by atoms with Crippen molar-refractivity contribution in [1.29, 1.82) is 0 Å². The Kier molecular flexibility index (Phi) is 7.46. The summed E-state index contributed by atoms with van der Waals surface area (Å²) in [7, 11) is 0. The van der Waals surface area contributed by atoms with Gasteiger partial charge in [-0.3, -0.25) is 4.90 Å². The first-order valence-electron chi connectivity index (χ1n) is 10.6. The van der Waals surface area contributed by atoms with Gasteiger partial charge in [-0.25, -0.2) is 0 Å². The summed E-state index contributed by atoms with van der Waals surface area (Å²) >= 11 is 0. The van der Waals surface area contributed by atoms with Gasteiger partial charge < -0.3 is 9.47 Å². The second kappa shape index (κ2) is 10.9. The zero-order valence-corrected chi connectivity index (χ0v) is 17.3. The second-order valence-corrected chi connectivity index (χ2v) is 7.67. The van der Waals surface area contributed by atoms with Crippen molar-refractivity contribution in [2.24, 2.45) is 0 Å². The van der Waals surface area contributed by atoms with Crippen molar-refractivity contribution in [1.82, 2.24) is 4.90 Å². The normalized spacial score (nSPS) is 17.3. The first kappa shape index (κ1) is 20.5. The SMILES string of the molecule is C1=C[C@H]([C@@H](COCc2ccccc2)OCc2ccccc2)N(Cc2ccccc2)C1. The maximum atomic E-state index is 6.40. The van der Waals surface area contributed by atoms with Crippen LogP contribution in [0.5, 0.6) is 0 Å². The van der Waals surface area contributed by atoms with Crippen LogP contribution in [0.4, 0.5) is 0 Å². The van der Waals surface area contributed by atoms with Crippen molar-refractivity contribution in [3.63, 3.8) is 0 Å². The van der Waals surface area contributed by atoms with E-state index in [-0.39, 0.29) is 12.1 Å². The third-order valence-electron chi connectivity index (χ3n) is 5.40. The van der Waals surface area contributed by atoms with Crippen molar-refractivity contribution in [2.45, 2.75) is 31.9 Å². The van der Waals surface area contributed by atoms with E-state index in [2.05, 4.69) is 83.8 Å². The lowest BCUT2D eigenvalue weighted by molar-refractivity contribution is -0.0588. The Morgan fingerprint density at radius 2 is 1.30 bits per heavy atom. The third-order valence-corrected chi connectivity index (χ3v) is 5.40. The van der Waals surface area contributed by atoms with Gasteiger partial charge in [-0.2, -0.15) is 0 Å². The van der Waals surface area contributed by atoms with E-state index in [4.69, 9.17) is 9.47 Å². The summed E-state index contributed by atoms with van der Waals surface area (Å²) in [6, 6.07) is 31.5. The Hall–Kier alpha value is -2.72. The van der Waals surface area contributed by atoms with E-state index < -0.39 is 0 Å². The monoisotopic (exact) mass is 399 g/mol. The van der Waals surface area contributed by atoms with E-state index in [1.807, 2.05) is 24.3 Å². The standard InChI is InChI=1S/C27H29NO2/c1-4-11-23(12-5-1)19-28-18-10-17-26(28)27(30-21-25-15-8-3-9-16-25)22-29-20-24-13-6-2-7-14-24/h1-17,26-27H,18-22H2/t26-,27-/m1/s1. The van der Waals surface area contributed by atoms with Gasteiger partial charge in [0, 0.05) is 13.1 Å². The summed E-state index contributed by atoms with van der Waals surface area (Å²) < 4.78 is 12.5. The van der Waals surface area contributed by atoms with E-state index in [1.165, 1.54) is 16.7 Å². The average Bonchev–Trinajstić information content (AvgIpc) is 3.26. The summed E-state index contributed by atoms with van der Waals surface area (Å²) in [6.45, 7) is 3.58. The lowest BCUT2D eigenvalue weighted by Gasteiger charge is -2.31. The molecule has 3 heteroatoms. The summed E-state index contributed by atoms with van der Waals surface area (Å²) in [5.74, 6) is 0. The molecule has 154 valence electrons. The molecule has 0 bridgehead atoms. The molecule has 3 nitrogen and oxygen atoms in total. The van der Waals surface area contributed by atoms with Gasteiger partial charge in [0.1, 0.15) is 6.10 Å². The summed E-state index contributed by atoms with van der Waals surface area (Å²) in [6.07, 6.45) is 4.48. The molecule has 0 spiro atoms. The van der Waals surface area contributed by atoms with Crippen LogP contribution in [0.3, 0.4) is 0 Å². The molecule has 0 fully saturated rings. The Morgan fingerprint density at radius 1 is 0.733 bits per heavy atom. The minimum atomic E-state index is -0.0311. The first-order valence-corrected chi connectivity index (χ1v) is 10.6. The fraction of sp³-hybridized carbons (Fsp3) is 0.259. The van der Waals surface area contributed by atoms with Crippen LogP contribution in [0, 0.1) is 0 Å². The van der Waals surface area contributed by atoms with Gasteiger partial charge in [-0.1, -0.05) is 103 Å². The van der Waals surface area contributed by atoms with Gasteiger partial charge in [0.05, 0.1) is 25.9 Å². The molecule has 1 aliphatic rings. The van der Waals surface area contributed by atoms with Gasteiger partial charge in [0.2, 0.25) is 0 Å². The van der Waals surface area contributed by atoms with Crippen LogP contribution in [0.15, 0.2) is 103 Å². The van der Waals surface area contributed by atoms with Crippen molar-refractivity contribution >= 4 is 0 Å². The Morgan fingerprint density at radius 3 is 1.93 bits per heavy atom. The summed E-state index contributed by atoms with van der Waals surface area (Å²) in [5, 5.41) is 0. The largest absolute Gasteiger partial charge is 0.374 e. The number of hydrogen-bond donors (Lipinski definition) is 0. The van der Waals surface area contributed by atoms with Gasteiger partial charge in [0.15, 0.2) is 0 Å². The van der Waals surface area contributed by atoms with Crippen molar-refractivity contribution in [3.05, 3.63) is 120 Å². The van der Waals surface area contributed by atoms with Crippen molar-refractivity contribution in [3.8, 4) is 0 Å². The van der Waals surface area contributed by atoms with Gasteiger partial charge in [-0.15, -0.1) is 0 Å². The highest BCUT2D eigenvalue weighted by molar-refractivity contribution is 5.18. The van der Waals surface area contributed by atoms with E-state index >= 15 is 0 Å². The molecule has 0 aromatic heterocycles. The number of benzene rings is 3. The van der Waals surface area contributed by atoms with Crippen molar-refractivity contribution in [2.75, 3.05) is 13.2 Å². The molecule has 0 N–H and O–H groups in total. The van der Waals surface area contributed by atoms with Gasteiger partial charge >= 0.3 is 0 Å². The van der Waals surface area contributed by atoms with Gasteiger partial charge in [-0.05, 0) is 16.7 Å². The zero-order chi connectivity index (χ0) is 20.4. The number of nitrogens with zero attached hydrogens (tertiary/aromatic N) is 1. The molecular weight excluding hydrogens is 370 g/mol. The highest BCUT2D eigenvalue weighted by atomic mass is 16.5. The van der Waals surface area contributed by atoms with Crippen LogP contribution in [0.2, 0.25) is 0 Å². The van der Waals surface area contributed by atoms with E-state index in [0.29, 0.717) is 19.8 Å². The van der Waals surface area contributed by atoms with Gasteiger partial charge in [0.25, 0.3) is 0 Å². The molecule has 0 radical (unpaired) electrons. The molecule has 30 heavy (non-hydrogen) atoms. The smallest absolute Gasteiger partial charge is 0.100 e. The summed E-state index contributed by atoms with van der Waals surface area (Å²) in [4.78, 5) is 2.46. The molecule has 0 saturated carbocycles. The second-order valence-electron chi connectivity index (χ2n) is 7.67. The first-order chi connectivity index (χ1) is 14.9. The minimum Gasteiger partial charge on any atom is -0.374 e. The van der Waals surface area contributed by atoms with E-state index in [9.17, 15) is 0 Å². The predicted octanol–water partition coefficient (Wildman–Crippen LogP) is 5.23. The topological polar surface area (TPSA) is 21.7 Å². The van der Waals surface area contributed by atoms with E-state index in [0.717, 1.165) is 13.1 Å². The van der Waals surface area contributed by atoms with Crippen LogP contribution < -0.4 is 0 Å². The number of hydrogen-bond acceptors (Lipinski definition) is 3. The predicted molar refractivity (Wildman–Crippen MR) is 121 cm³/mol. The maximum Gasteiger partial charge on any atom is 0.100 e. The van der Waals surface area contributed by atoms with Crippen LogP contribution in [0.1, 0.15) is 16.7 Å². The molecule has 3 aromatic rings. The molecule has 0 aliphatic carbocycles.